The van der Waals surface area contributed by atoms with E-state index < -0.39 is 0 Å². The first kappa shape index (κ1) is 14.9. The third-order valence-corrected chi connectivity index (χ3v) is 5.89. The van der Waals surface area contributed by atoms with E-state index >= 15 is 0 Å². The van der Waals surface area contributed by atoms with Crippen LogP contribution in [0.15, 0.2) is 10.5 Å². The van der Waals surface area contributed by atoms with E-state index in [1.807, 2.05) is 13.8 Å². The monoisotopic (exact) mass is 404 g/mol. The molecule has 0 aliphatic rings. The second-order valence-corrected chi connectivity index (χ2v) is 7.32. The molecule has 0 fully saturated rings. The van der Waals surface area contributed by atoms with Crippen molar-refractivity contribution >= 4 is 64.5 Å². The van der Waals surface area contributed by atoms with Crippen LogP contribution in [0.5, 0.6) is 0 Å². The molecule has 1 aromatic carbocycles. The SMILES string of the molecule is CCC(Br)C(=O)Nc1nc2c(C)cc(Br)c(C)c2s1. The Morgan fingerprint density at radius 3 is 2.84 bits per heavy atom. The minimum atomic E-state index is -0.173. The van der Waals surface area contributed by atoms with Gasteiger partial charge in [-0.05, 0) is 37.5 Å². The number of carbonyl (C=O) groups is 1. The number of fused-ring (bicyclic) bond motifs is 1. The van der Waals surface area contributed by atoms with Gasteiger partial charge in [-0.1, -0.05) is 50.1 Å². The normalized spacial score (nSPS) is 12.7. The van der Waals surface area contributed by atoms with Gasteiger partial charge < -0.3 is 5.32 Å². The van der Waals surface area contributed by atoms with E-state index in [9.17, 15) is 4.79 Å². The van der Waals surface area contributed by atoms with Crippen LogP contribution in [0.25, 0.3) is 10.2 Å². The smallest absolute Gasteiger partial charge is 0.239 e. The van der Waals surface area contributed by atoms with Crippen molar-refractivity contribution in [2.24, 2.45) is 0 Å². The Kier molecular flexibility index (Phi) is 4.63. The van der Waals surface area contributed by atoms with E-state index in [0.717, 1.165) is 32.2 Å². The number of aryl methyl sites for hydroxylation is 2. The number of anilines is 1. The first-order valence-electron chi connectivity index (χ1n) is 5.95. The molecule has 0 aliphatic carbocycles. The summed E-state index contributed by atoms with van der Waals surface area (Å²) in [5, 5.41) is 3.52. The van der Waals surface area contributed by atoms with Crippen molar-refractivity contribution in [3.05, 3.63) is 21.7 Å². The van der Waals surface area contributed by atoms with Crippen LogP contribution in [-0.4, -0.2) is 15.7 Å². The fourth-order valence-electron chi connectivity index (χ4n) is 1.74. The average molecular weight is 406 g/mol. The number of benzene rings is 1. The maximum Gasteiger partial charge on any atom is 0.239 e. The Hall–Kier alpha value is -0.460. The molecule has 2 aromatic rings. The van der Waals surface area contributed by atoms with Crippen LogP contribution in [0.3, 0.4) is 0 Å². The van der Waals surface area contributed by atoms with Gasteiger partial charge in [0.05, 0.1) is 15.0 Å². The molecule has 0 saturated heterocycles. The van der Waals surface area contributed by atoms with Gasteiger partial charge in [0.15, 0.2) is 5.13 Å². The second kappa shape index (κ2) is 5.89. The number of hydrogen-bond donors (Lipinski definition) is 1. The van der Waals surface area contributed by atoms with E-state index in [1.165, 1.54) is 11.3 Å². The molecule has 0 aliphatic heterocycles. The van der Waals surface area contributed by atoms with Crippen molar-refractivity contribution in [1.29, 1.82) is 0 Å². The van der Waals surface area contributed by atoms with Gasteiger partial charge in [0.1, 0.15) is 0 Å². The maximum absolute atomic E-state index is 11.9. The van der Waals surface area contributed by atoms with E-state index in [4.69, 9.17) is 0 Å². The molecule has 102 valence electrons. The van der Waals surface area contributed by atoms with E-state index in [-0.39, 0.29) is 10.7 Å². The number of hydrogen-bond acceptors (Lipinski definition) is 3. The number of nitrogens with zero attached hydrogens (tertiary/aromatic N) is 1. The number of carbonyl (C=O) groups excluding carboxylic acids is 1. The van der Waals surface area contributed by atoms with Crippen molar-refractivity contribution in [1.82, 2.24) is 4.98 Å². The van der Waals surface area contributed by atoms with Crippen LogP contribution in [0.4, 0.5) is 5.13 Å². The third kappa shape index (κ3) is 3.01. The second-order valence-electron chi connectivity index (χ2n) is 4.36. The summed E-state index contributed by atoms with van der Waals surface area (Å²) in [6.45, 7) is 6.04. The van der Waals surface area contributed by atoms with E-state index in [1.54, 1.807) is 0 Å². The number of thiazole rings is 1. The van der Waals surface area contributed by atoms with Gasteiger partial charge in [0, 0.05) is 4.47 Å². The van der Waals surface area contributed by atoms with Crippen molar-refractivity contribution in [3.8, 4) is 0 Å². The summed E-state index contributed by atoms with van der Waals surface area (Å²) in [7, 11) is 0. The van der Waals surface area contributed by atoms with Crippen LogP contribution in [0.2, 0.25) is 0 Å². The molecular weight excluding hydrogens is 392 g/mol. The number of nitrogens with one attached hydrogen (secondary N) is 1. The summed E-state index contributed by atoms with van der Waals surface area (Å²) < 4.78 is 2.19. The number of alkyl halides is 1. The Bertz CT molecular complexity index is 639. The predicted molar refractivity (Wildman–Crippen MR) is 88.4 cm³/mol. The van der Waals surface area contributed by atoms with Gasteiger partial charge in [-0.15, -0.1) is 0 Å². The van der Waals surface area contributed by atoms with Crippen LogP contribution in [0.1, 0.15) is 24.5 Å². The fourth-order valence-corrected chi connectivity index (χ4v) is 3.57. The lowest BCUT2D eigenvalue weighted by molar-refractivity contribution is -0.115. The minimum Gasteiger partial charge on any atom is -0.301 e. The van der Waals surface area contributed by atoms with Gasteiger partial charge in [-0.3, -0.25) is 4.79 Å². The summed E-state index contributed by atoms with van der Waals surface area (Å²) in [6, 6.07) is 2.06. The maximum atomic E-state index is 11.9. The summed E-state index contributed by atoms with van der Waals surface area (Å²) in [6.07, 6.45) is 0.750. The zero-order valence-corrected chi connectivity index (χ0v) is 14.9. The van der Waals surface area contributed by atoms with E-state index in [0.29, 0.717) is 5.13 Å². The van der Waals surface area contributed by atoms with Gasteiger partial charge in [0.25, 0.3) is 0 Å². The largest absolute Gasteiger partial charge is 0.301 e. The van der Waals surface area contributed by atoms with Crippen molar-refractivity contribution in [2.75, 3.05) is 5.32 Å². The molecule has 3 nitrogen and oxygen atoms in total. The summed E-state index contributed by atoms with van der Waals surface area (Å²) >= 11 is 8.40. The van der Waals surface area contributed by atoms with Crippen molar-refractivity contribution in [3.63, 3.8) is 0 Å². The van der Waals surface area contributed by atoms with Gasteiger partial charge in [0.2, 0.25) is 5.91 Å². The third-order valence-electron chi connectivity index (χ3n) is 2.92. The highest BCUT2D eigenvalue weighted by atomic mass is 79.9. The molecule has 0 bridgehead atoms. The van der Waals surface area contributed by atoms with Crippen LogP contribution in [0, 0.1) is 13.8 Å². The highest BCUT2D eigenvalue weighted by Crippen LogP contribution is 2.35. The molecule has 1 amide bonds. The molecule has 2 rings (SSSR count). The molecule has 0 radical (unpaired) electrons. The Morgan fingerprint density at radius 1 is 1.53 bits per heavy atom. The number of amides is 1. The number of rotatable bonds is 3. The van der Waals surface area contributed by atoms with Gasteiger partial charge >= 0.3 is 0 Å². The van der Waals surface area contributed by atoms with Crippen molar-refractivity contribution in [2.45, 2.75) is 32.0 Å². The van der Waals surface area contributed by atoms with Crippen molar-refractivity contribution < 1.29 is 4.79 Å². The molecular formula is C13H14Br2N2OS. The zero-order chi connectivity index (χ0) is 14.2. The molecule has 1 unspecified atom stereocenters. The molecule has 1 aromatic heterocycles. The number of halogens is 2. The Labute approximate surface area is 133 Å². The average Bonchev–Trinajstić information content (AvgIpc) is 2.79. The molecule has 1 atom stereocenters. The molecule has 0 saturated carbocycles. The lowest BCUT2D eigenvalue weighted by Gasteiger charge is -2.04. The van der Waals surface area contributed by atoms with Crippen LogP contribution in [-0.2, 0) is 4.79 Å². The lowest BCUT2D eigenvalue weighted by Crippen LogP contribution is -2.21. The number of aromatic nitrogens is 1. The molecule has 6 heteroatoms. The molecule has 19 heavy (non-hydrogen) atoms. The first-order chi connectivity index (χ1) is 8.93. The van der Waals surface area contributed by atoms with E-state index in [2.05, 4.69) is 55.2 Å². The standard InChI is InChI=1S/C13H14Br2N2OS/c1-4-8(14)12(18)17-13-16-10-6(2)5-9(15)7(3)11(10)19-13/h5,8H,4H2,1-3H3,(H,16,17,18). The highest BCUT2D eigenvalue weighted by molar-refractivity contribution is 9.10. The highest BCUT2D eigenvalue weighted by Gasteiger charge is 2.16. The van der Waals surface area contributed by atoms with Gasteiger partial charge in [-0.2, -0.15) is 0 Å². The molecule has 1 heterocycles. The van der Waals surface area contributed by atoms with Gasteiger partial charge in [-0.25, -0.2) is 4.98 Å². The molecule has 1 N–H and O–H groups in total. The first-order valence-corrected chi connectivity index (χ1v) is 8.47. The zero-order valence-electron chi connectivity index (χ0n) is 10.9. The summed E-state index contributed by atoms with van der Waals surface area (Å²) in [5.41, 5.74) is 3.23. The summed E-state index contributed by atoms with van der Waals surface area (Å²) in [5.74, 6) is -0.0454. The lowest BCUT2D eigenvalue weighted by atomic mass is 10.1. The summed E-state index contributed by atoms with van der Waals surface area (Å²) in [4.78, 5) is 16.2. The predicted octanol–water partition coefficient (Wildman–Crippen LogP) is 4.79. The van der Waals surface area contributed by atoms with Crippen LogP contribution < -0.4 is 5.32 Å². The van der Waals surface area contributed by atoms with Crippen LogP contribution >= 0.6 is 43.2 Å². The Morgan fingerprint density at radius 2 is 2.21 bits per heavy atom. The fraction of sp³-hybridized carbons (Fsp3) is 0.385. The minimum absolute atomic E-state index is 0.0454. The molecule has 0 spiro atoms. The Balaban J connectivity index is 2.40. The quantitative estimate of drug-likeness (QED) is 0.746. The topological polar surface area (TPSA) is 42.0 Å².